The van der Waals surface area contributed by atoms with Crippen molar-refractivity contribution in [3.8, 4) is 0 Å². The molecular formula is C10H20N2O3. The third-order valence-electron chi connectivity index (χ3n) is 2.42. The van der Waals surface area contributed by atoms with Gasteiger partial charge in [-0.15, -0.1) is 0 Å². The molecule has 88 valence electrons. The molecule has 0 unspecified atom stereocenters. The molecule has 0 aromatic carbocycles. The Kier molecular flexibility index (Phi) is 4.35. The molecule has 0 atom stereocenters. The Hall–Kier alpha value is -0.810. The van der Waals surface area contributed by atoms with Crippen LogP contribution in [-0.2, 0) is 4.74 Å². The van der Waals surface area contributed by atoms with E-state index in [-0.39, 0.29) is 18.6 Å². The van der Waals surface area contributed by atoms with Gasteiger partial charge in [-0.05, 0) is 13.8 Å². The number of hydrogen-bond acceptors (Lipinski definition) is 3. The first-order valence-electron chi connectivity index (χ1n) is 5.36. The summed E-state index contributed by atoms with van der Waals surface area (Å²) in [4.78, 5) is 11.3. The van der Waals surface area contributed by atoms with Crippen LogP contribution in [0.15, 0.2) is 0 Å². The molecule has 5 heteroatoms. The summed E-state index contributed by atoms with van der Waals surface area (Å²) in [7, 11) is 0. The molecule has 1 aliphatic rings. The van der Waals surface area contributed by atoms with Crippen LogP contribution >= 0.6 is 0 Å². The highest BCUT2D eigenvalue weighted by Gasteiger charge is 2.29. The predicted molar refractivity (Wildman–Crippen MR) is 56.7 cm³/mol. The number of urea groups is 1. The van der Waals surface area contributed by atoms with Crippen LogP contribution in [0.4, 0.5) is 4.79 Å². The highest BCUT2D eigenvalue weighted by atomic mass is 16.5. The number of nitrogens with one attached hydrogen (secondary N) is 2. The van der Waals surface area contributed by atoms with E-state index in [4.69, 9.17) is 4.74 Å². The van der Waals surface area contributed by atoms with Gasteiger partial charge in [0.05, 0.1) is 5.60 Å². The number of amides is 2. The number of rotatable bonds is 3. The molecule has 1 fully saturated rings. The first kappa shape index (κ1) is 12.3. The zero-order chi connectivity index (χ0) is 11.3. The first-order chi connectivity index (χ1) is 7.02. The lowest BCUT2D eigenvalue weighted by Crippen LogP contribution is -2.50. The van der Waals surface area contributed by atoms with Crippen molar-refractivity contribution in [1.82, 2.24) is 10.6 Å². The second kappa shape index (κ2) is 5.32. The van der Waals surface area contributed by atoms with Gasteiger partial charge in [-0.3, -0.25) is 0 Å². The summed E-state index contributed by atoms with van der Waals surface area (Å²) < 4.78 is 5.15. The Morgan fingerprint density at radius 2 is 2.07 bits per heavy atom. The molecule has 0 radical (unpaired) electrons. The van der Waals surface area contributed by atoms with E-state index in [1.54, 1.807) is 0 Å². The molecule has 0 spiro atoms. The maximum Gasteiger partial charge on any atom is 0.315 e. The van der Waals surface area contributed by atoms with Crippen molar-refractivity contribution in [3.63, 3.8) is 0 Å². The minimum atomic E-state index is -0.799. The summed E-state index contributed by atoms with van der Waals surface area (Å²) in [6.07, 6.45) is 1.16. The van der Waals surface area contributed by atoms with E-state index in [9.17, 15) is 9.90 Å². The lowest BCUT2D eigenvalue weighted by atomic mass is 9.94. The second-order valence-electron chi connectivity index (χ2n) is 4.32. The van der Waals surface area contributed by atoms with Gasteiger partial charge in [-0.2, -0.15) is 0 Å². The minimum Gasteiger partial charge on any atom is -0.388 e. The van der Waals surface area contributed by atoms with Crippen molar-refractivity contribution in [3.05, 3.63) is 0 Å². The molecule has 1 rings (SSSR count). The van der Waals surface area contributed by atoms with Crippen molar-refractivity contribution >= 4 is 6.03 Å². The highest BCUT2D eigenvalue weighted by Crippen LogP contribution is 2.18. The van der Waals surface area contributed by atoms with Gasteiger partial charge >= 0.3 is 6.03 Å². The number of ether oxygens (including phenoxy) is 1. The third-order valence-corrected chi connectivity index (χ3v) is 2.42. The molecule has 2 amide bonds. The van der Waals surface area contributed by atoms with Crippen molar-refractivity contribution in [2.45, 2.75) is 38.3 Å². The highest BCUT2D eigenvalue weighted by molar-refractivity contribution is 5.74. The van der Waals surface area contributed by atoms with E-state index in [1.165, 1.54) is 0 Å². The second-order valence-corrected chi connectivity index (χ2v) is 4.32. The Balaban J connectivity index is 2.25. The van der Waals surface area contributed by atoms with Gasteiger partial charge in [-0.1, -0.05) is 0 Å². The zero-order valence-electron chi connectivity index (χ0n) is 9.38. The van der Waals surface area contributed by atoms with Gasteiger partial charge in [0.25, 0.3) is 0 Å². The van der Waals surface area contributed by atoms with Crippen LogP contribution in [0.1, 0.15) is 26.7 Å². The van der Waals surface area contributed by atoms with Crippen LogP contribution in [0.5, 0.6) is 0 Å². The summed E-state index contributed by atoms with van der Waals surface area (Å²) in [5, 5.41) is 15.4. The summed E-state index contributed by atoms with van der Waals surface area (Å²) >= 11 is 0. The van der Waals surface area contributed by atoms with Gasteiger partial charge in [0, 0.05) is 38.6 Å². The molecule has 0 aromatic rings. The molecule has 1 heterocycles. The molecule has 1 saturated heterocycles. The SMILES string of the molecule is CC(C)NC(=O)NCC1(O)CCOCC1. The van der Waals surface area contributed by atoms with Crippen LogP contribution in [0.25, 0.3) is 0 Å². The predicted octanol–water partition coefficient (Wildman–Crippen LogP) is 0.235. The van der Waals surface area contributed by atoms with Gasteiger partial charge in [0.2, 0.25) is 0 Å². The average molecular weight is 216 g/mol. The maximum atomic E-state index is 11.3. The van der Waals surface area contributed by atoms with E-state index >= 15 is 0 Å². The van der Waals surface area contributed by atoms with Crippen molar-refractivity contribution in [2.24, 2.45) is 0 Å². The Labute approximate surface area is 90.2 Å². The molecule has 3 N–H and O–H groups in total. The lowest BCUT2D eigenvalue weighted by molar-refractivity contribution is -0.0600. The van der Waals surface area contributed by atoms with Gasteiger partial charge in [0.1, 0.15) is 0 Å². The zero-order valence-corrected chi connectivity index (χ0v) is 9.38. The largest absolute Gasteiger partial charge is 0.388 e. The molecule has 0 aromatic heterocycles. The van der Waals surface area contributed by atoms with E-state index in [2.05, 4.69) is 10.6 Å². The molecule has 0 saturated carbocycles. The van der Waals surface area contributed by atoms with Gasteiger partial charge in [-0.25, -0.2) is 4.79 Å². The van der Waals surface area contributed by atoms with Crippen molar-refractivity contribution in [2.75, 3.05) is 19.8 Å². The van der Waals surface area contributed by atoms with Crippen LogP contribution in [-0.4, -0.2) is 42.5 Å². The van der Waals surface area contributed by atoms with E-state index in [0.29, 0.717) is 26.1 Å². The first-order valence-corrected chi connectivity index (χ1v) is 5.36. The lowest BCUT2D eigenvalue weighted by Gasteiger charge is -2.32. The van der Waals surface area contributed by atoms with E-state index in [1.807, 2.05) is 13.8 Å². The standard InChI is InChI=1S/C10H20N2O3/c1-8(2)12-9(13)11-7-10(14)3-5-15-6-4-10/h8,14H,3-7H2,1-2H3,(H2,11,12,13). The Bertz CT molecular complexity index is 213. The molecule has 15 heavy (non-hydrogen) atoms. The topological polar surface area (TPSA) is 70.6 Å². The summed E-state index contributed by atoms with van der Waals surface area (Å²) in [6, 6.07) is -0.126. The molecule has 1 aliphatic heterocycles. The summed E-state index contributed by atoms with van der Waals surface area (Å²) in [6.45, 7) is 5.19. The normalized spacial score (nSPS) is 20.0. The van der Waals surface area contributed by atoms with Crippen LogP contribution in [0.2, 0.25) is 0 Å². The van der Waals surface area contributed by atoms with Gasteiger partial charge < -0.3 is 20.5 Å². The number of aliphatic hydroxyl groups is 1. The molecule has 0 bridgehead atoms. The molecule has 0 aliphatic carbocycles. The fourth-order valence-electron chi connectivity index (χ4n) is 1.49. The summed E-state index contributed by atoms with van der Waals surface area (Å²) in [5.74, 6) is 0. The van der Waals surface area contributed by atoms with E-state index in [0.717, 1.165) is 0 Å². The third kappa shape index (κ3) is 4.48. The Morgan fingerprint density at radius 1 is 1.47 bits per heavy atom. The fourth-order valence-corrected chi connectivity index (χ4v) is 1.49. The monoisotopic (exact) mass is 216 g/mol. The quantitative estimate of drug-likeness (QED) is 0.632. The number of hydrogen-bond donors (Lipinski definition) is 3. The van der Waals surface area contributed by atoms with Gasteiger partial charge in [0.15, 0.2) is 0 Å². The van der Waals surface area contributed by atoms with Crippen LogP contribution in [0, 0.1) is 0 Å². The fraction of sp³-hybridized carbons (Fsp3) is 0.900. The minimum absolute atomic E-state index is 0.106. The number of carbonyl (C=O) groups excluding carboxylic acids is 1. The van der Waals surface area contributed by atoms with Crippen molar-refractivity contribution < 1.29 is 14.6 Å². The molecule has 5 nitrogen and oxygen atoms in total. The smallest absolute Gasteiger partial charge is 0.315 e. The number of carbonyl (C=O) groups is 1. The molecular weight excluding hydrogens is 196 g/mol. The van der Waals surface area contributed by atoms with Crippen LogP contribution < -0.4 is 10.6 Å². The Morgan fingerprint density at radius 3 is 2.60 bits per heavy atom. The summed E-state index contributed by atoms with van der Waals surface area (Å²) in [5.41, 5.74) is -0.799. The maximum absolute atomic E-state index is 11.3. The van der Waals surface area contributed by atoms with E-state index < -0.39 is 5.60 Å². The average Bonchev–Trinajstić information content (AvgIpc) is 2.15. The van der Waals surface area contributed by atoms with Crippen LogP contribution in [0.3, 0.4) is 0 Å². The van der Waals surface area contributed by atoms with Crippen molar-refractivity contribution in [1.29, 1.82) is 0 Å².